The maximum absolute atomic E-state index is 10.3. The number of aromatic nitrogens is 2. The van der Waals surface area contributed by atoms with E-state index >= 15 is 0 Å². The van der Waals surface area contributed by atoms with E-state index < -0.39 is 6.10 Å². The summed E-state index contributed by atoms with van der Waals surface area (Å²) in [6.07, 6.45) is 7.90. The Bertz CT molecular complexity index is 864. The molecule has 1 aliphatic rings. The highest BCUT2D eigenvalue weighted by molar-refractivity contribution is 5.46. The summed E-state index contributed by atoms with van der Waals surface area (Å²) in [6.45, 7) is 0.437. The predicted molar refractivity (Wildman–Crippen MR) is 103 cm³/mol. The minimum absolute atomic E-state index is 0.0582. The summed E-state index contributed by atoms with van der Waals surface area (Å²) in [6, 6.07) is 16.1. The highest BCUT2D eigenvalue weighted by Gasteiger charge is 2.21. The van der Waals surface area contributed by atoms with E-state index in [0.717, 1.165) is 24.9 Å². The third kappa shape index (κ3) is 4.21. The number of ether oxygens (including phenoxy) is 2. The first kappa shape index (κ1) is 17.8. The number of aliphatic hydroxyl groups excluding tert-OH is 1. The van der Waals surface area contributed by atoms with E-state index in [1.807, 2.05) is 41.1 Å². The maximum atomic E-state index is 10.3. The second-order valence-corrected chi connectivity index (χ2v) is 6.82. The number of nitrogens with zero attached hydrogens (tertiary/aromatic N) is 2. The van der Waals surface area contributed by atoms with E-state index in [2.05, 4.69) is 23.2 Å². The van der Waals surface area contributed by atoms with Crippen LogP contribution in [0, 0.1) is 0 Å². The van der Waals surface area contributed by atoms with Crippen molar-refractivity contribution in [3.63, 3.8) is 0 Å². The standard InChI is InChI=1S/C22H24N2O3/c25-18(14-26-21-11-5-7-17-6-1-2-8-19(17)21)15-27-22-10-4-3-9-20(22)24-13-12-23-16-24/h1-4,6,8-10,12-13,16,18,21,25H,5,7,11,14-15H2. The van der Waals surface area contributed by atoms with Gasteiger partial charge < -0.3 is 19.1 Å². The summed E-state index contributed by atoms with van der Waals surface area (Å²) < 4.78 is 13.8. The summed E-state index contributed by atoms with van der Waals surface area (Å²) in [4.78, 5) is 4.07. The number of hydrogen-bond acceptors (Lipinski definition) is 4. The first-order valence-electron chi connectivity index (χ1n) is 9.39. The highest BCUT2D eigenvalue weighted by atomic mass is 16.5. The largest absolute Gasteiger partial charge is 0.489 e. The van der Waals surface area contributed by atoms with Crippen LogP contribution in [0.15, 0.2) is 67.3 Å². The minimum Gasteiger partial charge on any atom is -0.489 e. The molecule has 0 amide bonds. The molecule has 1 aliphatic carbocycles. The van der Waals surface area contributed by atoms with Crippen molar-refractivity contribution >= 4 is 0 Å². The van der Waals surface area contributed by atoms with Gasteiger partial charge in [-0.05, 0) is 42.5 Å². The van der Waals surface area contributed by atoms with Crippen molar-refractivity contribution in [1.82, 2.24) is 9.55 Å². The number of fused-ring (bicyclic) bond motifs is 1. The number of benzene rings is 2. The molecule has 1 heterocycles. The van der Waals surface area contributed by atoms with Gasteiger partial charge in [-0.2, -0.15) is 0 Å². The van der Waals surface area contributed by atoms with Gasteiger partial charge in [0.25, 0.3) is 0 Å². The number of para-hydroxylation sites is 2. The molecule has 0 fully saturated rings. The van der Waals surface area contributed by atoms with Crippen LogP contribution < -0.4 is 4.74 Å². The molecule has 0 radical (unpaired) electrons. The van der Waals surface area contributed by atoms with E-state index in [1.165, 1.54) is 11.1 Å². The average Bonchev–Trinajstić information content (AvgIpc) is 3.25. The molecule has 27 heavy (non-hydrogen) atoms. The topological polar surface area (TPSA) is 56.5 Å². The smallest absolute Gasteiger partial charge is 0.143 e. The van der Waals surface area contributed by atoms with Crippen molar-refractivity contribution in [1.29, 1.82) is 0 Å². The Morgan fingerprint density at radius 1 is 1.11 bits per heavy atom. The maximum Gasteiger partial charge on any atom is 0.143 e. The third-order valence-electron chi connectivity index (χ3n) is 4.88. The van der Waals surface area contributed by atoms with Crippen molar-refractivity contribution in [2.24, 2.45) is 0 Å². The first-order valence-corrected chi connectivity index (χ1v) is 9.39. The number of rotatable bonds is 7. The van der Waals surface area contributed by atoms with E-state index in [4.69, 9.17) is 9.47 Å². The lowest BCUT2D eigenvalue weighted by molar-refractivity contribution is -0.0313. The van der Waals surface area contributed by atoms with Crippen LogP contribution in [0.1, 0.15) is 30.1 Å². The molecule has 5 nitrogen and oxygen atoms in total. The Balaban J connectivity index is 1.33. The fourth-order valence-electron chi connectivity index (χ4n) is 3.54. The van der Waals surface area contributed by atoms with Crippen molar-refractivity contribution in [3.05, 3.63) is 78.4 Å². The predicted octanol–water partition coefficient (Wildman–Crippen LogP) is 3.71. The van der Waals surface area contributed by atoms with Gasteiger partial charge >= 0.3 is 0 Å². The molecule has 2 atom stereocenters. The van der Waals surface area contributed by atoms with Crippen molar-refractivity contribution in [2.75, 3.05) is 13.2 Å². The lowest BCUT2D eigenvalue weighted by atomic mass is 9.89. The van der Waals surface area contributed by atoms with Crippen LogP contribution in [0.2, 0.25) is 0 Å². The van der Waals surface area contributed by atoms with Crippen LogP contribution >= 0.6 is 0 Å². The quantitative estimate of drug-likeness (QED) is 0.694. The second kappa shape index (κ2) is 8.37. The zero-order chi connectivity index (χ0) is 18.5. The van der Waals surface area contributed by atoms with Crippen molar-refractivity contribution < 1.29 is 14.6 Å². The Hall–Kier alpha value is -2.63. The summed E-state index contributed by atoms with van der Waals surface area (Å²) >= 11 is 0. The average molecular weight is 364 g/mol. The minimum atomic E-state index is -0.685. The van der Waals surface area contributed by atoms with Crippen LogP contribution in [0.25, 0.3) is 5.69 Å². The monoisotopic (exact) mass is 364 g/mol. The van der Waals surface area contributed by atoms with Gasteiger partial charge in [0.2, 0.25) is 0 Å². The lowest BCUT2D eigenvalue weighted by Gasteiger charge is -2.26. The molecule has 3 aromatic rings. The third-order valence-corrected chi connectivity index (χ3v) is 4.88. The van der Waals surface area contributed by atoms with Crippen molar-refractivity contribution in [3.8, 4) is 11.4 Å². The molecule has 1 aromatic heterocycles. The van der Waals surface area contributed by atoms with Gasteiger partial charge in [-0.3, -0.25) is 0 Å². The molecule has 4 rings (SSSR count). The Morgan fingerprint density at radius 3 is 2.85 bits per heavy atom. The van der Waals surface area contributed by atoms with Crippen molar-refractivity contribution in [2.45, 2.75) is 31.5 Å². The van der Waals surface area contributed by atoms with E-state index in [-0.39, 0.29) is 19.3 Å². The summed E-state index contributed by atoms with van der Waals surface area (Å²) in [7, 11) is 0. The fraction of sp³-hybridized carbons (Fsp3) is 0.318. The molecule has 5 heteroatoms. The second-order valence-electron chi connectivity index (χ2n) is 6.82. The lowest BCUT2D eigenvalue weighted by Crippen LogP contribution is -2.26. The summed E-state index contributed by atoms with van der Waals surface area (Å²) in [5.41, 5.74) is 3.50. The Morgan fingerprint density at radius 2 is 1.96 bits per heavy atom. The fourth-order valence-corrected chi connectivity index (χ4v) is 3.54. The zero-order valence-corrected chi connectivity index (χ0v) is 15.2. The molecule has 0 saturated carbocycles. The first-order chi connectivity index (χ1) is 13.3. The normalized spacial score (nSPS) is 17.3. The Labute approximate surface area is 159 Å². The molecular formula is C22H24N2O3. The number of aryl methyl sites for hydroxylation is 1. The van der Waals surface area contributed by atoms with Crippen LogP contribution in [-0.4, -0.2) is 34.0 Å². The zero-order valence-electron chi connectivity index (χ0n) is 15.2. The van der Waals surface area contributed by atoms with Gasteiger partial charge in [-0.1, -0.05) is 36.4 Å². The number of imidazole rings is 1. The molecule has 0 bridgehead atoms. The van der Waals surface area contributed by atoms with Gasteiger partial charge in [-0.15, -0.1) is 0 Å². The van der Waals surface area contributed by atoms with E-state index in [9.17, 15) is 5.11 Å². The van der Waals surface area contributed by atoms with Crippen LogP contribution in [-0.2, 0) is 11.2 Å². The molecule has 2 unspecified atom stereocenters. The van der Waals surface area contributed by atoms with Crippen LogP contribution in [0.4, 0.5) is 0 Å². The molecule has 140 valence electrons. The van der Waals surface area contributed by atoms with Gasteiger partial charge in [0, 0.05) is 12.4 Å². The SMILES string of the molecule is OC(COc1ccccc1-n1ccnc1)COC1CCCc2ccccc21. The van der Waals surface area contributed by atoms with Crippen LogP contribution in [0.3, 0.4) is 0 Å². The van der Waals surface area contributed by atoms with Gasteiger partial charge in [0.1, 0.15) is 18.5 Å². The Kier molecular flexibility index (Phi) is 5.51. The molecule has 0 spiro atoms. The molecule has 1 N–H and O–H groups in total. The molecule has 0 saturated heterocycles. The number of aliphatic hydroxyl groups is 1. The molecular weight excluding hydrogens is 340 g/mol. The van der Waals surface area contributed by atoms with Gasteiger partial charge in [0.15, 0.2) is 0 Å². The van der Waals surface area contributed by atoms with Gasteiger partial charge in [-0.25, -0.2) is 4.98 Å². The van der Waals surface area contributed by atoms with E-state index in [1.54, 1.807) is 12.5 Å². The van der Waals surface area contributed by atoms with Gasteiger partial charge in [0.05, 0.1) is 24.7 Å². The summed E-state index contributed by atoms with van der Waals surface area (Å²) in [5, 5.41) is 10.3. The van der Waals surface area contributed by atoms with E-state index in [0.29, 0.717) is 5.75 Å². The summed E-state index contributed by atoms with van der Waals surface area (Å²) in [5.74, 6) is 0.706. The molecule has 2 aromatic carbocycles. The highest BCUT2D eigenvalue weighted by Crippen LogP contribution is 2.32. The molecule has 0 aliphatic heterocycles. The number of hydrogen-bond donors (Lipinski definition) is 1. The van der Waals surface area contributed by atoms with Crippen LogP contribution in [0.5, 0.6) is 5.75 Å².